The van der Waals surface area contributed by atoms with Crippen LogP contribution in [0.2, 0.25) is 0 Å². The van der Waals surface area contributed by atoms with Gasteiger partial charge < -0.3 is 4.74 Å². The molecule has 0 bridgehead atoms. The van der Waals surface area contributed by atoms with Crippen molar-refractivity contribution in [1.29, 1.82) is 0 Å². The van der Waals surface area contributed by atoms with E-state index < -0.39 is 12.9 Å². The largest absolute Gasteiger partial charge is 0.457 e. The van der Waals surface area contributed by atoms with Gasteiger partial charge in [0.1, 0.15) is 27.4 Å². The number of fused-ring (bicyclic) bond motifs is 9. The van der Waals surface area contributed by atoms with Crippen LogP contribution in [0.15, 0.2) is 151 Å². The van der Waals surface area contributed by atoms with Gasteiger partial charge in [-0.2, -0.15) is 0 Å². The molecule has 2 aliphatic carbocycles. The van der Waals surface area contributed by atoms with E-state index in [4.69, 9.17) is 4.74 Å². The first kappa shape index (κ1) is 23.6. The number of hydrogen-bond acceptors (Lipinski definition) is 2. The molecule has 0 unspecified atom stereocenters. The summed E-state index contributed by atoms with van der Waals surface area (Å²) in [5, 5.41) is 2.81. The standard InChI is InChI=1S/C37H28O2P/c38-40(26-13-3-1-4-14-26,27-15-5-2-6-16-27)28-23-24-36-34(25-28)37(33-21-11-12-22-35(33)39-36)31-19-9-7-17-29(31)30-18-8-10-20-32(30)37/h1-10,13-25,38H,11-12H2/q+1. The molecule has 5 aromatic rings. The third-order valence-corrected chi connectivity index (χ3v) is 11.8. The van der Waals surface area contributed by atoms with Crippen LogP contribution in [-0.2, 0) is 5.41 Å². The third-order valence-electron chi connectivity index (χ3n) is 8.69. The highest BCUT2D eigenvalue weighted by atomic mass is 31.2. The fraction of sp³-hybridized carbons (Fsp3) is 0.0811. The molecule has 0 saturated carbocycles. The zero-order valence-electron chi connectivity index (χ0n) is 22.0. The quantitative estimate of drug-likeness (QED) is 0.248. The van der Waals surface area contributed by atoms with E-state index in [-0.39, 0.29) is 0 Å². The van der Waals surface area contributed by atoms with Crippen LogP contribution in [0.3, 0.4) is 0 Å². The van der Waals surface area contributed by atoms with E-state index in [1.807, 2.05) is 36.4 Å². The summed E-state index contributed by atoms with van der Waals surface area (Å²) in [5.74, 6) is 1.81. The lowest BCUT2D eigenvalue weighted by Crippen LogP contribution is -2.38. The highest BCUT2D eigenvalue weighted by molar-refractivity contribution is 7.91. The molecule has 0 radical (unpaired) electrons. The molecule has 5 aromatic carbocycles. The van der Waals surface area contributed by atoms with Gasteiger partial charge in [0.25, 0.3) is 0 Å². The average Bonchev–Trinajstić information content (AvgIpc) is 3.32. The fourth-order valence-corrected chi connectivity index (χ4v) is 9.71. The van der Waals surface area contributed by atoms with Gasteiger partial charge in [-0.05, 0) is 83.6 Å². The van der Waals surface area contributed by atoms with Crippen molar-refractivity contribution in [3.8, 4) is 16.9 Å². The Morgan fingerprint density at radius 3 is 1.73 bits per heavy atom. The first-order chi connectivity index (χ1) is 19.7. The summed E-state index contributed by atoms with van der Waals surface area (Å²) < 4.78 is 6.66. The Morgan fingerprint density at radius 2 is 1.10 bits per heavy atom. The van der Waals surface area contributed by atoms with Crippen LogP contribution >= 0.6 is 7.49 Å². The summed E-state index contributed by atoms with van der Waals surface area (Å²) in [4.78, 5) is 12.8. The monoisotopic (exact) mass is 535 g/mol. The lowest BCUT2D eigenvalue weighted by Gasteiger charge is -2.42. The molecule has 0 atom stereocenters. The van der Waals surface area contributed by atoms with E-state index in [1.165, 1.54) is 27.8 Å². The van der Waals surface area contributed by atoms with Gasteiger partial charge in [-0.25, -0.2) is 4.89 Å². The molecule has 192 valence electrons. The molecule has 0 fully saturated rings. The predicted octanol–water partition coefficient (Wildman–Crippen LogP) is 7.20. The van der Waals surface area contributed by atoms with Crippen molar-refractivity contribution in [3.63, 3.8) is 0 Å². The Labute approximate surface area is 235 Å². The minimum Gasteiger partial charge on any atom is -0.457 e. The van der Waals surface area contributed by atoms with Crippen molar-refractivity contribution in [2.75, 3.05) is 0 Å². The molecule has 1 N–H and O–H groups in total. The van der Waals surface area contributed by atoms with E-state index in [0.717, 1.165) is 45.8 Å². The van der Waals surface area contributed by atoms with E-state index in [9.17, 15) is 4.89 Å². The van der Waals surface area contributed by atoms with E-state index in [2.05, 4.69) is 103 Å². The van der Waals surface area contributed by atoms with Gasteiger partial charge in [0, 0.05) is 11.1 Å². The zero-order valence-corrected chi connectivity index (χ0v) is 22.9. The van der Waals surface area contributed by atoms with Crippen LogP contribution in [0.1, 0.15) is 29.5 Å². The molecule has 0 aromatic heterocycles. The van der Waals surface area contributed by atoms with Crippen molar-refractivity contribution in [3.05, 3.63) is 168 Å². The molecule has 2 nitrogen and oxygen atoms in total. The summed E-state index contributed by atoms with van der Waals surface area (Å²) in [6.07, 6.45) is 6.57. The average molecular weight is 536 g/mol. The van der Waals surface area contributed by atoms with E-state index >= 15 is 0 Å². The predicted molar refractivity (Wildman–Crippen MR) is 165 cm³/mol. The summed E-state index contributed by atoms with van der Waals surface area (Å²) in [6.45, 7) is 0. The van der Waals surface area contributed by atoms with Crippen LogP contribution in [0.25, 0.3) is 11.1 Å². The summed E-state index contributed by atoms with van der Waals surface area (Å²) >= 11 is 0. The molecule has 1 spiro atoms. The molecular weight excluding hydrogens is 507 g/mol. The third kappa shape index (κ3) is 3.12. The second-order valence-corrected chi connectivity index (χ2v) is 13.5. The maximum Gasteiger partial charge on any atom is 0.238 e. The van der Waals surface area contributed by atoms with Crippen LogP contribution in [0.4, 0.5) is 0 Å². The molecule has 1 heterocycles. The lowest BCUT2D eigenvalue weighted by atomic mass is 9.64. The maximum atomic E-state index is 12.8. The number of ether oxygens (including phenoxy) is 1. The SMILES string of the molecule is O[P+](c1ccccc1)(c1ccccc1)c1ccc2c(c1)C1(C3=CCCC=C3O2)c2ccccc2-c2ccccc21. The molecular formula is C37H28O2P+. The van der Waals surface area contributed by atoms with Crippen molar-refractivity contribution in [1.82, 2.24) is 0 Å². The van der Waals surface area contributed by atoms with Crippen LogP contribution < -0.4 is 20.7 Å². The topological polar surface area (TPSA) is 29.5 Å². The number of benzene rings is 5. The van der Waals surface area contributed by atoms with E-state index in [0.29, 0.717) is 0 Å². The highest BCUT2D eigenvalue weighted by Crippen LogP contribution is 2.62. The van der Waals surface area contributed by atoms with Gasteiger partial charge in [-0.15, -0.1) is 0 Å². The Bertz CT molecular complexity index is 1750. The fourth-order valence-electron chi connectivity index (χ4n) is 7.00. The Hall–Kier alpha value is -4.23. The number of hydrogen-bond donors (Lipinski definition) is 1. The molecule has 1 aliphatic heterocycles. The van der Waals surface area contributed by atoms with Gasteiger partial charge in [0.2, 0.25) is 7.49 Å². The molecule has 0 amide bonds. The van der Waals surface area contributed by atoms with Gasteiger partial charge in [0.05, 0.1) is 5.41 Å². The van der Waals surface area contributed by atoms with Crippen molar-refractivity contribution >= 4 is 23.4 Å². The number of rotatable bonds is 3. The Kier molecular flexibility index (Phi) is 5.26. The van der Waals surface area contributed by atoms with Crippen LogP contribution in [0.5, 0.6) is 5.75 Å². The molecule has 8 rings (SSSR count). The Balaban J connectivity index is 1.47. The molecule has 3 heteroatoms. The van der Waals surface area contributed by atoms with Crippen LogP contribution in [0, 0.1) is 0 Å². The van der Waals surface area contributed by atoms with E-state index in [1.54, 1.807) is 0 Å². The summed E-state index contributed by atoms with van der Waals surface area (Å²) in [7, 11) is -2.92. The van der Waals surface area contributed by atoms with Crippen molar-refractivity contribution in [2.24, 2.45) is 0 Å². The molecule has 40 heavy (non-hydrogen) atoms. The second kappa shape index (κ2) is 8.89. The van der Waals surface area contributed by atoms with Crippen molar-refractivity contribution in [2.45, 2.75) is 18.3 Å². The summed E-state index contributed by atoms with van der Waals surface area (Å²) in [6, 6.07) is 44.3. The number of allylic oxidation sites excluding steroid dienone is 3. The van der Waals surface area contributed by atoms with Gasteiger partial charge in [0.15, 0.2) is 0 Å². The lowest BCUT2D eigenvalue weighted by molar-refractivity contribution is 0.383. The molecule has 3 aliphatic rings. The van der Waals surface area contributed by atoms with Crippen LogP contribution in [-0.4, -0.2) is 4.89 Å². The molecule has 0 saturated heterocycles. The van der Waals surface area contributed by atoms with Gasteiger partial charge in [-0.1, -0.05) is 91.0 Å². The van der Waals surface area contributed by atoms with Gasteiger partial charge in [-0.3, -0.25) is 0 Å². The normalized spacial score (nSPS) is 16.1. The first-order valence-electron chi connectivity index (χ1n) is 13.9. The second-order valence-electron chi connectivity index (χ2n) is 10.7. The minimum absolute atomic E-state index is 0.513. The Morgan fingerprint density at radius 1 is 0.550 bits per heavy atom. The summed E-state index contributed by atoms with van der Waals surface area (Å²) in [5.41, 5.74) is 6.87. The highest BCUT2D eigenvalue weighted by Gasteiger charge is 2.54. The smallest absolute Gasteiger partial charge is 0.238 e. The van der Waals surface area contributed by atoms with Gasteiger partial charge >= 0.3 is 0 Å². The van der Waals surface area contributed by atoms with Crippen molar-refractivity contribution < 1.29 is 9.63 Å². The zero-order chi connectivity index (χ0) is 26.7. The maximum absolute atomic E-state index is 12.8. The first-order valence-corrected chi connectivity index (χ1v) is 15.6. The minimum atomic E-state index is -2.92.